The molecule has 0 saturated heterocycles. The van der Waals surface area contributed by atoms with E-state index < -0.39 is 0 Å². The van der Waals surface area contributed by atoms with E-state index in [9.17, 15) is 0 Å². The highest BCUT2D eigenvalue weighted by Gasteiger charge is 2.26. The lowest BCUT2D eigenvalue weighted by Crippen LogP contribution is -2.14. The molecule has 0 radical (unpaired) electrons. The van der Waals surface area contributed by atoms with Crippen molar-refractivity contribution >= 4 is 24.4 Å². The fourth-order valence-corrected chi connectivity index (χ4v) is 3.41. The summed E-state index contributed by atoms with van der Waals surface area (Å²) in [5.41, 5.74) is 2.88. The summed E-state index contributed by atoms with van der Waals surface area (Å²) < 4.78 is 0.0695. The average molecular weight is 210 g/mol. The fourth-order valence-electron chi connectivity index (χ4n) is 1.76. The minimum Gasteiger partial charge on any atom is -0.168 e. The van der Waals surface area contributed by atoms with Crippen molar-refractivity contribution in [1.29, 1.82) is 0 Å². The number of hydrogen-bond acceptors (Lipinski definition) is 2. The van der Waals surface area contributed by atoms with E-state index >= 15 is 0 Å². The molecule has 1 aromatic carbocycles. The normalized spacial score (nSPS) is 27.8. The van der Waals surface area contributed by atoms with Crippen LogP contribution in [-0.4, -0.2) is 5.75 Å². The van der Waals surface area contributed by atoms with Crippen molar-refractivity contribution in [2.24, 2.45) is 0 Å². The van der Waals surface area contributed by atoms with Crippen molar-refractivity contribution in [1.82, 2.24) is 0 Å². The smallest absolute Gasteiger partial charge is 0.0361 e. The molecule has 2 rings (SSSR count). The van der Waals surface area contributed by atoms with Gasteiger partial charge in [-0.05, 0) is 30.2 Å². The molecule has 0 amide bonds. The molecule has 1 aromatic rings. The van der Waals surface area contributed by atoms with Gasteiger partial charge in [0.25, 0.3) is 0 Å². The summed E-state index contributed by atoms with van der Waals surface area (Å²) in [7, 11) is 0. The van der Waals surface area contributed by atoms with Gasteiger partial charge in [0.05, 0.1) is 0 Å². The fraction of sp³-hybridized carbons (Fsp3) is 0.455. The van der Waals surface area contributed by atoms with Crippen LogP contribution < -0.4 is 0 Å². The summed E-state index contributed by atoms with van der Waals surface area (Å²) in [6.07, 6.45) is 1.16. The van der Waals surface area contributed by atoms with E-state index in [4.69, 9.17) is 12.6 Å². The molecule has 1 aliphatic rings. The molecule has 70 valence electrons. The lowest BCUT2D eigenvalue weighted by molar-refractivity contribution is 0.678. The Morgan fingerprint density at radius 1 is 1.38 bits per heavy atom. The molecule has 0 fully saturated rings. The molecule has 0 N–H and O–H groups in total. The second-order valence-electron chi connectivity index (χ2n) is 3.73. The topological polar surface area (TPSA) is 0 Å². The molecule has 0 aromatic heterocycles. The van der Waals surface area contributed by atoms with Crippen LogP contribution in [0.5, 0.6) is 0 Å². The number of thioether (sulfide) groups is 1. The van der Waals surface area contributed by atoms with Crippen molar-refractivity contribution in [3.05, 3.63) is 35.4 Å². The van der Waals surface area contributed by atoms with E-state index in [1.54, 1.807) is 0 Å². The number of hydrogen-bond donors (Lipinski definition) is 1. The molecule has 2 heteroatoms. The van der Waals surface area contributed by atoms with Crippen molar-refractivity contribution in [2.45, 2.75) is 23.8 Å². The molecule has 13 heavy (non-hydrogen) atoms. The highest BCUT2D eigenvalue weighted by atomic mass is 32.2. The number of thiol groups is 1. The maximum Gasteiger partial charge on any atom is 0.0361 e. The van der Waals surface area contributed by atoms with E-state index in [0.29, 0.717) is 0 Å². The molecule has 0 aliphatic carbocycles. The minimum atomic E-state index is 0.0695. The summed E-state index contributed by atoms with van der Waals surface area (Å²) in [5, 5.41) is 0. The lowest BCUT2D eigenvalue weighted by Gasteiger charge is -2.23. The van der Waals surface area contributed by atoms with Gasteiger partial charge in [0, 0.05) is 10.5 Å². The minimum absolute atomic E-state index is 0.0695. The quantitative estimate of drug-likeness (QED) is 0.640. The maximum absolute atomic E-state index is 4.75. The molecule has 0 saturated carbocycles. The standard InChI is InChI=1S/C11H14S2/c1-11(12)6-7-13-8-9-4-2-3-5-10(9)11/h2-5,12H,6-8H2,1H3. The van der Waals surface area contributed by atoms with Crippen LogP contribution in [0.1, 0.15) is 24.5 Å². The summed E-state index contributed by atoms with van der Waals surface area (Å²) in [5.74, 6) is 2.36. The van der Waals surface area contributed by atoms with Gasteiger partial charge >= 0.3 is 0 Å². The summed E-state index contributed by atoms with van der Waals surface area (Å²) >= 11 is 6.76. The van der Waals surface area contributed by atoms with Crippen LogP contribution in [0, 0.1) is 0 Å². The average Bonchev–Trinajstić information content (AvgIpc) is 2.26. The van der Waals surface area contributed by atoms with Gasteiger partial charge in [-0.15, -0.1) is 0 Å². The third kappa shape index (κ3) is 1.89. The first-order valence-electron chi connectivity index (χ1n) is 4.59. The van der Waals surface area contributed by atoms with Gasteiger partial charge in [-0.1, -0.05) is 24.3 Å². The Balaban J connectivity index is 2.48. The van der Waals surface area contributed by atoms with Crippen molar-refractivity contribution in [3.63, 3.8) is 0 Å². The Morgan fingerprint density at radius 3 is 3.00 bits per heavy atom. The zero-order valence-electron chi connectivity index (χ0n) is 7.79. The summed E-state index contributed by atoms with van der Waals surface area (Å²) in [4.78, 5) is 0. The van der Waals surface area contributed by atoms with Gasteiger partial charge in [0.1, 0.15) is 0 Å². The van der Waals surface area contributed by atoms with Gasteiger partial charge in [0.15, 0.2) is 0 Å². The van der Waals surface area contributed by atoms with Gasteiger partial charge in [-0.25, -0.2) is 0 Å². The van der Waals surface area contributed by atoms with Crippen LogP contribution in [0.15, 0.2) is 24.3 Å². The second kappa shape index (κ2) is 3.58. The zero-order valence-corrected chi connectivity index (χ0v) is 9.50. The Morgan fingerprint density at radius 2 is 2.15 bits per heavy atom. The first kappa shape index (κ1) is 9.47. The van der Waals surface area contributed by atoms with Crippen LogP contribution in [0.3, 0.4) is 0 Å². The first-order valence-corrected chi connectivity index (χ1v) is 6.19. The molecular weight excluding hydrogens is 196 g/mol. The van der Waals surface area contributed by atoms with E-state index in [-0.39, 0.29) is 4.75 Å². The Hall–Kier alpha value is -0.0800. The molecule has 0 spiro atoms. The summed E-state index contributed by atoms with van der Waals surface area (Å²) in [6.45, 7) is 2.22. The molecule has 1 aliphatic heterocycles. The van der Waals surface area contributed by atoms with E-state index in [2.05, 4.69) is 31.2 Å². The van der Waals surface area contributed by atoms with Crippen LogP contribution >= 0.6 is 24.4 Å². The van der Waals surface area contributed by atoms with Crippen LogP contribution in [0.4, 0.5) is 0 Å². The molecule has 0 nitrogen and oxygen atoms in total. The number of benzene rings is 1. The SMILES string of the molecule is CC1(S)CCSCc2ccccc21. The maximum atomic E-state index is 4.75. The van der Waals surface area contributed by atoms with Gasteiger partial charge in [-0.3, -0.25) is 0 Å². The second-order valence-corrected chi connectivity index (χ2v) is 5.83. The zero-order chi connectivity index (χ0) is 9.31. The van der Waals surface area contributed by atoms with Crippen LogP contribution in [0.25, 0.3) is 0 Å². The third-order valence-corrected chi connectivity index (χ3v) is 4.06. The van der Waals surface area contributed by atoms with Crippen molar-refractivity contribution in [2.75, 3.05) is 5.75 Å². The lowest BCUT2D eigenvalue weighted by atomic mass is 9.93. The third-order valence-electron chi connectivity index (χ3n) is 2.59. The predicted molar refractivity (Wildman–Crippen MR) is 63.6 cm³/mol. The van der Waals surface area contributed by atoms with E-state index in [1.165, 1.54) is 16.9 Å². The Labute approximate surface area is 89.5 Å². The van der Waals surface area contributed by atoms with Gasteiger partial charge in [-0.2, -0.15) is 24.4 Å². The highest BCUT2D eigenvalue weighted by molar-refractivity contribution is 7.98. The molecular formula is C11H14S2. The molecule has 1 unspecified atom stereocenters. The highest BCUT2D eigenvalue weighted by Crippen LogP contribution is 2.39. The van der Waals surface area contributed by atoms with Crippen LogP contribution in [0.2, 0.25) is 0 Å². The number of fused-ring (bicyclic) bond motifs is 1. The van der Waals surface area contributed by atoms with E-state index in [0.717, 1.165) is 12.2 Å². The Kier molecular flexibility index (Phi) is 2.61. The Bertz CT molecular complexity index is 305. The van der Waals surface area contributed by atoms with Gasteiger partial charge in [0.2, 0.25) is 0 Å². The monoisotopic (exact) mass is 210 g/mol. The predicted octanol–water partition coefficient (Wildman–Crippen LogP) is 3.47. The number of rotatable bonds is 0. The van der Waals surface area contributed by atoms with Crippen molar-refractivity contribution in [3.8, 4) is 0 Å². The van der Waals surface area contributed by atoms with E-state index in [1.807, 2.05) is 11.8 Å². The molecule has 1 heterocycles. The molecule has 0 bridgehead atoms. The first-order chi connectivity index (χ1) is 6.20. The van der Waals surface area contributed by atoms with Crippen LogP contribution in [-0.2, 0) is 10.5 Å². The van der Waals surface area contributed by atoms with Crippen molar-refractivity contribution < 1.29 is 0 Å². The largest absolute Gasteiger partial charge is 0.168 e. The summed E-state index contributed by atoms with van der Waals surface area (Å²) in [6, 6.07) is 8.67. The van der Waals surface area contributed by atoms with Gasteiger partial charge < -0.3 is 0 Å². The molecule has 1 atom stereocenters.